The molecule has 1 aromatic heterocycles. The second-order valence-electron chi connectivity index (χ2n) is 5.49. The standard InChI is InChI=1S/C14H19N3O/c15-12-5-4-11(10-16-12)17-9-8-14(13(17)18)6-2-1-3-7-14/h4-5,10H,1-3,6-9H2,(H2,15,16). The number of amides is 1. The maximum Gasteiger partial charge on any atom is 0.233 e. The minimum atomic E-state index is -0.0698. The van der Waals surface area contributed by atoms with Crippen molar-refractivity contribution in [3.05, 3.63) is 18.3 Å². The fourth-order valence-corrected chi connectivity index (χ4v) is 3.32. The fourth-order valence-electron chi connectivity index (χ4n) is 3.32. The van der Waals surface area contributed by atoms with E-state index in [1.54, 1.807) is 12.3 Å². The van der Waals surface area contributed by atoms with Crippen LogP contribution in [-0.4, -0.2) is 17.4 Å². The molecule has 0 unspecified atom stereocenters. The van der Waals surface area contributed by atoms with Crippen LogP contribution in [0.15, 0.2) is 18.3 Å². The topological polar surface area (TPSA) is 59.2 Å². The minimum absolute atomic E-state index is 0.0698. The first-order valence-corrected chi connectivity index (χ1v) is 6.75. The molecule has 1 aliphatic carbocycles. The van der Waals surface area contributed by atoms with Crippen molar-refractivity contribution in [2.24, 2.45) is 5.41 Å². The largest absolute Gasteiger partial charge is 0.384 e. The molecule has 4 nitrogen and oxygen atoms in total. The number of nitrogens with zero attached hydrogens (tertiary/aromatic N) is 2. The lowest BCUT2D eigenvalue weighted by atomic mass is 9.73. The highest BCUT2D eigenvalue weighted by molar-refractivity contribution is 5.99. The normalized spacial score (nSPS) is 22.7. The maximum atomic E-state index is 12.6. The number of hydrogen-bond acceptors (Lipinski definition) is 3. The van der Waals surface area contributed by atoms with Gasteiger partial charge in [-0.3, -0.25) is 4.79 Å². The minimum Gasteiger partial charge on any atom is -0.384 e. The van der Waals surface area contributed by atoms with Gasteiger partial charge in [-0.1, -0.05) is 19.3 Å². The number of pyridine rings is 1. The van der Waals surface area contributed by atoms with Gasteiger partial charge in [0, 0.05) is 6.54 Å². The molecule has 1 aliphatic heterocycles. The van der Waals surface area contributed by atoms with Crippen LogP contribution in [0.2, 0.25) is 0 Å². The summed E-state index contributed by atoms with van der Waals surface area (Å²) in [6, 6.07) is 3.65. The second-order valence-corrected chi connectivity index (χ2v) is 5.49. The zero-order valence-electron chi connectivity index (χ0n) is 10.6. The summed E-state index contributed by atoms with van der Waals surface area (Å²) >= 11 is 0. The maximum absolute atomic E-state index is 12.6. The van der Waals surface area contributed by atoms with E-state index in [0.29, 0.717) is 11.7 Å². The Hall–Kier alpha value is -1.58. The van der Waals surface area contributed by atoms with E-state index in [1.807, 2.05) is 11.0 Å². The van der Waals surface area contributed by atoms with Gasteiger partial charge in [0.25, 0.3) is 0 Å². The van der Waals surface area contributed by atoms with Crippen LogP contribution in [0.4, 0.5) is 11.5 Å². The molecule has 1 saturated carbocycles. The smallest absolute Gasteiger partial charge is 0.233 e. The summed E-state index contributed by atoms with van der Waals surface area (Å²) in [5.41, 5.74) is 6.40. The van der Waals surface area contributed by atoms with Crippen LogP contribution in [0.1, 0.15) is 38.5 Å². The molecular formula is C14H19N3O. The molecule has 0 bridgehead atoms. The molecular weight excluding hydrogens is 226 g/mol. The van der Waals surface area contributed by atoms with Crippen molar-refractivity contribution in [2.45, 2.75) is 38.5 Å². The first kappa shape index (κ1) is 11.5. The number of nitrogens with two attached hydrogens (primary N) is 1. The van der Waals surface area contributed by atoms with Crippen LogP contribution >= 0.6 is 0 Å². The number of aromatic nitrogens is 1. The molecule has 2 heterocycles. The van der Waals surface area contributed by atoms with E-state index in [4.69, 9.17) is 5.73 Å². The zero-order chi connectivity index (χ0) is 12.6. The molecule has 2 aliphatic rings. The fraction of sp³-hybridized carbons (Fsp3) is 0.571. The van der Waals surface area contributed by atoms with Crippen molar-refractivity contribution >= 4 is 17.4 Å². The molecule has 96 valence electrons. The van der Waals surface area contributed by atoms with Crippen molar-refractivity contribution < 1.29 is 4.79 Å². The molecule has 0 atom stereocenters. The molecule has 1 saturated heterocycles. The summed E-state index contributed by atoms with van der Waals surface area (Å²) in [5, 5.41) is 0. The Morgan fingerprint density at radius 3 is 2.61 bits per heavy atom. The van der Waals surface area contributed by atoms with Gasteiger partial charge in [-0.05, 0) is 31.4 Å². The summed E-state index contributed by atoms with van der Waals surface area (Å²) in [6.45, 7) is 0.824. The van der Waals surface area contributed by atoms with E-state index in [0.717, 1.165) is 31.5 Å². The Kier molecular flexibility index (Phi) is 2.73. The molecule has 2 N–H and O–H groups in total. The monoisotopic (exact) mass is 245 g/mol. The number of hydrogen-bond donors (Lipinski definition) is 1. The third-order valence-electron chi connectivity index (χ3n) is 4.41. The van der Waals surface area contributed by atoms with Crippen molar-refractivity contribution in [1.82, 2.24) is 4.98 Å². The van der Waals surface area contributed by atoms with Gasteiger partial charge in [0.05, 0.1) is 17.3 Å². The summed E-state index contributed by atoms with van der Waals surface area (Å²) < 4.78 is 0. The van der Waals surface area contributed by atoms with E-state index in [-0.39, 0.29) is 5.41 Å². The summed E-state index contributed by atoms with van der Waals surface area (Å²) in [6.07, 6.45) is 8.48. The van der Waals surface area contributed by atoms with Gasteiger partial charge in [0.2, 0.25) is 5.91 Å². The van der Waals surface area contributed by atoms with E-state index >= 15 is 0 Å². The highest BCUT2D eigenvalue weighted by Gasteiger charge is 2.47. The van der Waals surface area contributed by atoms with Gasteiger partial charge in [-0.2, -0.15) is 0 Å². The molecule has 3 rings (SSSR count). The van der Waals surface area contributed by atoms with E-state index < -0.39 is 0 Å². The van der Waals surface area contributed by atoms with Crippen LogP contribution in [0, 0.1) is 5.41 Å². The number of anilines is 2. The molecule has 1 aromatic rings. The van der Waals surface area contributed by atoms with Gasteiger partial charge < -0.3 is 10.6 Å². The Balaban J connectivity index is 1.83. The molecule has 18 heavy (non-hydrogen) atoms. The number of carbonyl (C=O) groups excluding carboxylic acids is 1. The van der Waals surface area contributed by atoms with Gasteiger partial charge in [0.15, 0.2) is 0 Å². The van der Waals surface area contributed by atoms with Crippen molar-refractivity contribution in [2.75, 3.05) is 17.2 Å². The quantitative estimate of drug-likeness (QED) is 0.826. The summed E-state index contributed by atoms with van der Waals surface area (Å²) in [5.74, 6) is 0.798. The first-order valence-electron chi connectivity index (χ1n) is 6.75. The first-order chi connectivity index (χ1) is 8.71. The molecule has 1 amide bonds. The van der Waals surface area contributed by atoms with Gasteiger partial charge in [-0.25, -0.2) is 4.98 Å². The third kappa shape index (κ3) is 1.76. The zero-order valence-corrected chi connectivity index (χ0v) is 10.6. The van der Waals surface area contributed by atoms with E-state index in [2.05, 4.69) is 4.98 Å². The van der Waals surface area contributed by atoms with Gasteiger partial charge in [0.1, 0.15) is 5.82 Å². The highest BCUT2D eigenvalue weighted by Crippen LogP contribution is 2.45. The second kappa shape index (κ2) is 4.26. The Bertz CT molecular complexity index is 449. The van der Waals surface area contributed by atoms with E-state index in [9.17, 15) is 4.79 Å². The number of carbonyl (C=O) groups is 1. The predicted octanol–water partition coefficient (Wildman–Crippen LogP) is 2.35. The highest BCUT2D eigenvalue weighted by atomic mass is 16.2. The van der Waals surface area contributed by atoms with Crippen LogP contribution in [0.5, 0.6) is 0 Å². The molecule has 4 heteroatoms. The summed E-state index contributed by atoms with van der Waals surface area (Å²) in [7, 11) is 0. The molecule has 0 aromatic carbocycles. The predicted molar refractivity (Wildman–Crippen MR) is 71.1 cm³/mol. The molecule has 2 fully saturated rings. The molecule has 1 spiro atoms. The average molecular weight is 245 g/mol. The lowest BCUT2D eigenvalue weighted by molar-refractivity contribution is -0.127. The van der Waals surface area contributed by atoms with Crippen molar-refractivity contribution in [3.8, 4) is 0 Å². The number of rotatable bonds is 1. The SMILES string of the molecule is Nc1ccc(N2CCC3(CCCCC3)C2=O)cn1. The summed E-state index contributed by atoms with van der Waals surface area (Å²) in [4.78, 5) is 18.6. The Labute approximate surface area is 107 Å². The Morgan fingerprint density at radius 1 is 1.17 bits per heavy atom. The van der Waals surface area contributed by atoms with Crippen molar-refractivity contribution in [3.63, 3.8) is 0 Å². The average Bonchev–Trinajstić information content (AvgIpc) is 2.70. The van der Waals surface area contributed by atoms with E-state index in [1.165, 1.54) is 19.3 Å². The lowest BCUT2D eigenvalue weighted by Gasteiger charge is -2.31. The van der Waals surface area contributed by atoms with Gasteiger partial charge in [-0.15, -0.1) is 0 Å². The van der Waals surface area contributed by atoms with Crippen LogP contribution in [0.25, 0.3) is 0 Å². The third-order valence-corrected chi connectivity index (χ3v) is 4.41. The number of nitrogen functional groups attached to an aromatic ring is 1. The van der Waals surface area contributed by atoms with Crippen LogP contribution in [0.3, 0.4) is 0 Å². The lowest BCUT2D eigenvalue weighted by Crippen LogP contribution is -2.36. The van der Waals surface area contributed by atoms with Gasteiger partial charge >= 0.3 is 0 Å². The van der Waals surface area contributed by atoms with Crippen LogP contribution in [-0.2, 0) is 4.79 Å². The van der Waals surface area contributed by atoms with Crippen LogP contribution < -0.4 is 10.6 Å². The Morgan fingerprint density at radius 2 is 1.94 bits per heavy atom. The molecule has 0 radical (unpaired) electrons. The van der Waals surface area contributed by atoms with Crippen molar-refractivity contribution in [1.29, 1.82) is 0 Å².